The topological polar surface area (TPSA) is 68.2 Å². The van der Waals surface area contributed by atoms with E-state index in [1.807, 2.05) is 12.1 Å². The van der Waals surface area contributed by atoms with E-state index in [9.17, 15) is 9.18 Å². The molecule has 152 valence electrons. The van der Waals surface area contributed by atoms with Gasteiger partial charge in [-0.25, -0.2) is 9.18 Å². The molecule has 1 saturated heterocycles. The molecule has 0 atom stereocenters. The molecule has 0 bridgehead atoms. The summed E-state index contributed by atoms with van der Waals surface area (Å²) in [5.74, 6) is 0.440. The Bertz CT molecular complexity index is 856. The fourth-order valence-corrected chi connectivity index (χ4v) is 3.74. The van der Waals surface area contributed by atoms with Crippen LogP contribution in [0.1, 0.15) is 30.4 Å². The monoisotopic (exact) mass is 394 g/mol. The van der Waals surface area contributed by atoms with E-state index in [4.69, 9.17) is 5.26 Å². The van der Waals surface area contributed by atoms with Crippen LogP contribution in [-0.2, 0) is 6.42 Å². The minimum atomic E-state index is -0.260. The number of rotatable bonds is 7. The highest BCUT2D eigenvalue weighted by Crippen LogP contribution is 2.23. The summed E-state index contributed by atoms with van der Waals surface area (Å²) in [6.07, 6.45) is 3.86. The maximum atomic E-state index is 13.8. The second-order valence-electron chi connectivity index (χ2n) is 7.51. The van der Waals surface area contributed by atoms with Crippen LogP contribution >= 0.6 is 0 Å². The average molecular weight is 394 g/mol. The van der Waals surface area contributed by atoms with Gasteiger partial charge in [-0.1, -0.05) is 24.3 Å². The molecule has 2 aromatic carbocycles. The quantitative estimate of drug-likeness (QED) is 0.693. The smallest absolute Gasteiger partial charge is 0.319 e. The van der Waals surface area contributed by atoms with E-state index < -0.39 is 0 Å². The molecule has 0 aliphatic carbocycles. The molecule has 2 amide bonds. The number of nitriles is 1. The zero-order valence-corrected chi connectivity index (χ0v) is 16.5. The third-order valence-electron chi connectivity index (χ3n) is 5.36. The molecule has 5 nitrogen and oxygen atoms in total. The number of nitrogens with one attached hydrogen (secondary N) is 2. The van der Waals surface area contributed by atoms with E-state index >= 15 is 0 Å². The second kappa shape index (κ2) is 10.6. The lowest BCUT2D eigenvalue weighted by molar-refractivity contribution is 0.181. The van der Waals surface area contributed by atoms with Crippen molar-refractivity contribution in [2.75, 3.05) is 31.5 Å². The van der Waals surface area contributed by atoms with Crippen LogP contribution in [0.3, 0.4) is 0 Å². The van der Waals surface area contributed by atoms with Crippen molar-refractivity contribution in [1.82, 2.24) is 10.2 Å². The van der Waals surface area contributed by atoms with Gasteiger partial charge in [-0.3, -0.25) is 0 Å². The van der Waals surface area contributed by atoms with Crippen LogP contribution in [-0.4, -0.2) is 37.1 Å². The van der Waals surface area contributed by atoms with E-state index in [1.54, 1.807) is 30.3 Å². The number of hydrogen-bond donors (Lipinski definition) is 2. The van der Waals surface area contributed by atoms with E-state index in [-0.39, 0.29) is 11.8 Å². The van der Waals surface area contributed by atoms with Crippen molar-refractivity contribution in [2.24, 2.45) is 5.92 Å². The molecule has 2 aromatic rings. The first kappa shape index (κ1) is 20.8. The Hall–Kier alpha value is -2.91. The summed E-state index contributed by atoms with van der Waals surface area (Å²) in [5, 5.41) is 14.5. The minimum absolute atomic E-state index is 0.0985. The van der Waals surface area contributed by atoms with Gasteiger partial charge in [0.05, 0.1) is 11.6 Å². The van der Waals surface area contributed by atoms with Crippen molar-refractivity contribution in [2.45, 2.75) is 25.7 Å². The van der Waals surface area contributed by atoms with Gasteiger partial charge in [-0.05, 0) is 81.1 Å². The van der Waals surface area contributed by atoms with Crippen molar-refractivity contribution in [3.63, 3.8) is 0 Å². The van der Waals surface area contributed by atoms with Gasteiger partial charge in [0.2, 0.25) is 0 Å². The zero-order chi connectivity index (χ0) is 20.5. The van der Waals surface area contributed by atoms with E-state index in [2.05, 4.69) is 21.6 Å². The molecule has 3 rings (SSSR count). The highest BCUT2D eigenvalue weighted by molar-refractivity contribution is 5.89. The van der Waals surface area contributed by atoms with Crippen LogP contribution in [0.5, 0.6) is 0 Å². The van der Waals surface area contributed by atoms with Crippen LogP contribution < -0.4 is 10.6 Å². The number of carbonyl (C=O) groups excluding carboxylic acids is 1. The average Bonchev–Trinajstić information content (AvgIpc) is 2.74. The van der Waals surface area contributed by atoms with Crippen molar-refractivity contribution in [1.29, 1.82) is 5.26 Å². The van der Waals surface area contributed by atoms with Crippen LogP contribution in [0, 0.1) is 23.1 Å². The van der Waals surface area contributed by atoms with Crippen LogP contribution in [0.25, 0.3) is 0 Å². The third-order valence-corrected chi connectivity index (χ3v) is 5.36. The number of carbonyl (C=O) groups is 1. The second-order valence-corrected chi connectivity index (χ2v) is 7.51. The molecule has 1 heterocycles. The Morgan fingerprint density at radius 1 is 1.17 bits per heavy atom. The number of anilines is 1. The lowest BCUT2D eigenvalue weighted by Gasteiger charge is -2.32. The predicted octanol–water partition coefficient (Wildman–Crippen LogP) is 4.16. The lowest BCUT2D eigenvalue weighted by atomic mass is 9.90. The normalized spacial score (nSPS) is 14.9. The van der Waals surface area contributed by atoms with Gasteiger partial charge >= 0.3 is 6.03 Å². The predicted molar refractivity (Wildman–Crippen MR) is 112 cm³/mol. The largest absolute Gasteiger partial charge is 0.338 e. The minimum Gasteiger partial charge on any atom is -0.338 e. The SMILES string of the molecule is N#Cc1cccc(NC(=O)NCCCN2CCC(Cc3ccccc3F)CC2)c1. The number of benzene rings is 2. The van der Waals surface area contributed by atoms with Gasteiger partial charge in [0.1, 0.15) is 5.82 Å². The summed E-state index contributed by atoms with van der Waals surface area (Å²) < 4.78 is 13.8. The molecule has 0 radical (unpaired) electrons. The van der Waals surface area contributed by atoms with Gasteiger partial charge in [0, 0.05) is 12.2 Å². The fourth-order valence-electron chi connectivity index (χ4n) is 3.74. The lowest BCUT2D eigenvalue weighted by Crippen LogP contribution is -2.37. The van der Waals surface area contributed by atoms with Crippen molar-refractivity contribution in [3.05, 3.63) is 65.5 Å². The Morgan fingerprint density at radius 3 is 2.72 bits per heavy atom. The van der Waals surface area contributed by atoms with Gasteiger partial charge in [-0.15, -0.1) is 0 Å². The highest BCUT2D eigenvalue weighted by atomic mass is 19.1. The Balaban J connectivity index is 1.30. The third kappa shape index (κ3) is 6.58. The molecule has 29 heavy (non-hydrogen) atoms. The number of urea groups is 1. The number of hydrogen-bond acceptors (Lipinski definition) is 3. The van der Waals surface area contributed by atoms with Crippen molar-refractivity contribution >= 4 is 11.7 Å². The Labute approximate surface area is 171 Å². The van der Waals surface area contributed by atoms with Crippen molar-refractivity contribution in [3.8, 4) is 6.07 Å². The summed E-state index contributed by atoms with van der Waals surface area (Å²) in [7, 11) is 0. The fraction of sp³-hybridized carbons (Fsp3) is 0.391. The first-order valence-electron chi connectivity index (χ1n) is 10.1. The number of halogens is 1. The van der Waals surface area contributed by atoms with Crippen LogP contribution in [0.4, 0.5) is 14.9 Å². The van der Waals surface area contributed by atoms with Crippen LogP contribution in [0.15, 0.2) is 48.5 Å². The molecule has 1 aliphatic rings. The molecule has 0 aromatic heterocycles. The molecule has 0 spiro atoms. The molecular formula is C23H27FN4O. The number of piperidine rings is 1. The van der Waals surface area contributed by atoms with E-state index in [0.29, 0.717) is 23.7 Å². The van der Waals surface area contributed by atoms with Gasteiger partial charge in [0.25, 0.3) is 0 Å². The van der Waals surface area contributed by atoms with Gasteiger partial charge in [-0.2, -0.15) is 5.26 Å². The molecule has 2 N–H and O–H groups in total. The molecule has 0 saturated carbocycles. The summed E-state index contributed by atoms with van der Waals surface area (Å²) >= 11 is 0. The maximum absolute atomic E-state index is 13.8. The number of nitrogens with zero attached hydrogens (tertiary/aromatic N) is 2. The molecule has 6 heteroatoms. The first-order chi connectivity index (χ1) is 14.1. The summed E-state index contributed by atoms with van der Waals surface area (Å²) in [5.41, 5.74) is 1.95. The van der Waals surface area contributed by atoms with Crippen molar-refractivity contribution < 1.29 is 9.18 Å². The van der Waals surface area contributed by atoms with Crippen LogP contribution in [0.2, 0.25) is 0 Å². The maximum Gasteiger partial charge on any atom is 0.319 e. The van der Waals surface area contributed by atoms with Gasteiger partial charge in [0.15, 0.2) is 0 Å². The Kier molecular flexibility index (Phi) is 7.60. The van der Waals surface area contributed by atoms with E-state index in [1.165, 1.54) is 6.07 Å². The summed E-state index contributed by atoms with van der Waals surface area (Å²) in [6, 6.07) is 15.7. The van der Waals surface area contributed by atoms with E-state index in [0.717, 1.165) is 50.9 Å². The number of likely N-dealkylation sites (tertiary alicyclic amines) is 1. The van der Waals surface area contributed by atoms with Gasteiger partial charge < -0.3 is 15.5 Å². The molecular weight excluding hydrogens is 367 g/mol. The molecule has 1 aliphatic heterocycles. The Morgan fingerprint density at radius 2 is 1.97 bits per heavy atom. The molecule has 1 fully saturated rings. The summed E-state index contributed by atoms with van der Waals surface area (Å²) in [4.78, 5) is 14.4. The zero-order valence-electron chi connectivity index (χ0n) is 16.5. The number of amides is 2. The highest BCUT2D eigenvalue weighted by Gasteiger charge is 2.20. The molecule has 0 unspecified atom stereocenters. The first-order valence-corrected chi connectivity index (χ1v) is 10.1. The summed E-state index contributed by atoms with van der Waals surface area (Å²) in [6.45, 7) is 3.58. The standard InChI is InChI=1S/C23H27FN4O/c24-22-8-2-1-6-20(22)15-18-9-13-28(14-10-18)12-4-11-26-23(29)27-21-7-3-5-19(16-21)17-25/h1-3,5-8,16,18H,4,9-15H2,(H2,26,27,29).